The molecule has 0 spiro atoms. The zero-order valence-electron chi connectivity index (χ0n) is 18.9. The van der Waals surface area contributed by atoms with E-state index in [1.165, 1.54) is 11.4 Å². The maximum atomic E-state index is 13.6. The highest BCUT2D eigenvalue weighted by molar-refractivity contribution is 7.91. The van der Waals surface area contributed by atoms with Crippen molar-refractivity contribution in [2.75, 3.05) is 26.7 Å². The molecule has 0 bridgehead atoms. The van der Waals surface area contributed by atoms with Crippen LogP contribution in [0, 0.1) is 0 Å². The maximum absolute atomic E-state index is 13.6. The second kappa shape index (κ2) is 9.54. The van der Waals surface area contributed by atoms with E-state index >= 15 is 0 Å². The van der Waals surface area contributed by atoms with E-state index in [-0.39, 0.29) is 53.9 Å². The van der Waals surface area contributed by atoms with E-state index in [0.29, 0.717) is 18.5 Å². The average Bonchev–Trinajstić information content (AvgIpc) is 3.18. The summed E-state index contributed by atoms with van der Waals surface area (Å²) in [6.07, 6.45) is 0.194. The summed E-state index contributed by atoms with van der Waals surface area (Å²) >= 11 is 1.07. The molecule has 33 heavy (non-hydrogen) atoms. The van der Waals surface area contributed by atoms with Crippen LogP contribution in [0.1, 0.15) is 40.2 Å². The smallest absolute Gasteiger partial charge is 0.340 e. The number of carbonyl (C=O) groups excluding carboxylic acids is 2. The minimum absolute atomic E-state index is 0.00184. The van der Waals surface area contributed by atoms with Gasteiger partial charge in [-0.25, -0.2) is 13.2 Å². The monoisotopic (exact) mass is 492 g/mol. The van der Waals surface area contributed by atoms with Crippen LogP contribution in [0.15, 0.2) is 34.5 Å². The van der Waals surface area contributed by atoms with Gasteiger partial charge in [0, 0.05) is 24.5 Å². The molecule has 2 aliphatic rings. The van der Waals surface area contributed by atoms with Crippen molar-refractivity contribution in [3.63, 3.8) is 0 Å². The van der Waals surface area contributed by atoms with Crippen molar-refractivity contribution < 1.29 is 27.5 Å². The number of hydrogen-bond acceptors (Lipinski definition) is 7. The number of morpholine rings is 1. The summed E-state index contributed by atoms with van der Waals surface area (Å²) in [7, 11) is -2.68. The van der Waals surface area contributed by atoms with Gasteiger partial charge in [-0.1, -0.05) is 30.3 Å². The highest BCUT2D eigenvalue weighted by Gasteiger charge is 2.39. The topological polar surface area (TPSA) is 93.2 Å². The molecule has 4 rings (SSSR count). The molecular formula is C23H28N2O6S2. The molecular weight excluding hydrogens is 464 g/mol. The molecule has 0 N–H and O–H groups in total. The van der Waals surface area contributed by atoms with Gasteiger partial charge in [0.05, 0.1) is 37.8 Å². The predicted molar refractivity (Wildman–Crippen MR) is 124 cm³/mol. The molecule has 10 heteroatoms. The van der Waals surface area contributed by atoms with Crippen LogP contribution in [-0.2, 0) is 43.7 Å². The molecule has 0 unspecified atom stereocenters. The van der Waals surface area contributed by atoms with Gasteiger partial charge < -0.3 is 14.4 Å². The Morgan fingerprint density at radius 2 is 1.82 bits per heavy atom. The Morgan fingerprint density at radius 1 is 1.15 bits per heavy atom. The third-order valence-corrected chi connectivity index (χ3v) is 9.47. The lowest BCUT2D eigenvalue weighted by molar-refractivity contribution is -0.131. The number of ether oxygens (including phenoxy) is 2. The minimum atomic E-state index is -3.93. The van der Waals surface area contributed by atoms with Crippen molar-refractivity contribution >= 4 is 33.2 Å². The van der Waals surface area contributed by atoms with Crippen molar-refractivity contribution in [3.8, 4) is 0 Å². The van der Waals surface area contributed by atoms with E-state index in [9.17, 15) is 18.0 Å². The number of sulfonamides is 1. The van der Waals surface area contributed by atoms with Crippen molar-refractivity contribution in [1.82, 2.24) is 9.21 Å². The highest BCUT2D eigenvalue weighted by Crippen LogP contribution is 2.38. The first kappa shape index (κ1) is 23.9. The zero-order valence-corrected chi connectivity index (χ0v) is 20.6. The van der Waals surface area contributed by atoms with Crippen LogP contribution in [-0.4, -0.2) is 68.5 Å². The summed E-state index contributed by atoms with van der Waals surface area (Å²) in [6, 6.07) is 9.50. The van der Waals surface area contributed by atoms with E-state index < -0.39 is 16.0 Å². The second-order valence-corrected chi connectivity index (χ2v) is 11.7. The first-order chi connectivity index (χ1) is 15.7. The molecule has 1 saturated heterocycles. The molecule has 2 atom stereocenters. The summed E-state index contributed by atoms with van der Waals surface area (Å²) in [5, 5.41) is 0. The van der Waals surface area contributed by atoms with Crippen LogP contribution in [0.5, 0.6) is 0 Å². The number of nitrogens with zero attached hydrogens (tertiary/aromatic N) is 2. The van der Waals surface area contributed by atoms with Gasteiger partial charge in [-0.2, -0.15) is 4.31 Å². The molecule has 1 amide bonds. The van der Waals surface area contributed by atoms with Crippen molar-refractivity contribution in [2.24, 2.45) is 0 Å². The number of fused-ring (bicyclic) bond motifs is 1. The Hall–Kier alpha value is -2.27. The van der Waals surface area contributed by atoms with Gasteiger partial charge in [0.25, 0.3) is 10.0 Å². The van der Waals surface area contributed by atoms with E-state index in [0.717, 1.165) is 21.8 Å². The summed E-state index contributed by atoms with van der Waals surface area (Å²) in [6.45, 7) is 4.80. The number of carbonyl (C=O) groups is 2. The van der Waals surface area contributed by atoms with Crippen LogP contribution in [0.2, 0.25) is 0 Å². The lowest BCUT2D eigenvalue weighted by Gasteiger charge is -2.34. The van der Waals surface area contributed by atoms with Crippen LogP contribution in [0.3, 0.4) is 0 Å². The largest absolute Gasteiger partial charge is 0.465 e. The third-order valence-electron chi connectivity index (χ3n) is 5.93. The number of esters is 1. The minimum Gasteiger partial charge on any atom is -0.465 e. The number of benzene rings is 1. The van der Waals surface area contributed by atoms with E-state index in [1.807, 2.05) is 44.2 Å². The standard InChI is InChI=1S/C23H28N2O6S2/c1-15-12-25(13-16(2)31-15)33(28,29)23-21(22(27)30-3)18-9-10-24(14-19(18)32-23)20(26)11-17-7-5-4-6-8-17/h4-8,15-16H,9-14H2,1-3H3/t15-,16+. The Labute approximate surface area is 198 Å². The van der Waals surface area contributed by atoms with Crippen LogP contribution >= 0.6 is 11.3 Å². The highest BCUT2D eigenvalue weighted by atomic mass is 32.2. The van der Waals surface area contributed by atoms with Crippen molar-refractivity contribution in [2.45, 2.75) is 49.7 Å². The fraction of sp³-hybridized carbons (Fsp3) is 0.478. The van der Waals surface area contributed by atoms with Gasteiger partial charge in [0.15, 0.2) is 0 Å². The van der Waals surface area contributed by atoms with Gasteiger partial charge in [-0.3, -0.25) is 4.79 Å². The Bertz CT molecular complexity index is 1140. The van der Waals surface area contributed by atoms with Crippen molar-refractivity contribution in [3.05, 3.63) is 51.9 Å². The van der Waals surface area contributed by atoms with Gasteiger partial charge in [0.1, 0.15) is 4.21 Å². The zero-order chi connectivity index (χ0) is 23.8. The maximum Gasteiger partial charge on any atom is 0.340 e. The number of hydrogen-bond donors (Lipinski definition) is 0. The van der Waals surface area contributed by atoms with E-state index in [1.54, 1.807) is 4.90 Å². The molecule has 0 aliphatic carbocycles. The fourth-order valence-corrected chi connectivity index (χ4v) is 8.04. The molecule has 0 saturated carbocycles. The summed E-state index contributed by atoms with van der Waals surface area (Å²) in [4.78, 5) is 28.0. The Morgan fingerprint density at radius 3 is 2.45 bits per heavy atom. The summed E-state index contributed by atoms with van der Waals surface area (Å²) in [5.74, 6) is -0.690. The number of rotatable bonds is 5. The molecule has 1 aromatic carbocycles. The van der Waals surface area contributed by atoms with Crippen LogP contribution < -0.4 is 0 Å². The third kappa shape index (κ3) is 4.84. The first-order valence-corrected chi connectivity index (χ1v) is 13.2. The summed E-state index contributed by atoms with van der Waals surface area (Å²) in [5.41, 5.74) is 1.71. The fourth-order valence-electron chi connectivity index (χ4n) is 4.41. The van der Waals surface area contributed by atoms with Gasteiger partial charge in [-0.05, 0) is 31.4 Å². The number of thiophene rings is 1. The SMILES string of the molecule is COC(=O)c1c(S(=O)(=O)N2C[C@@H](C)O[C@@H](C)C2)sc2c1CCN(C(=O)Cc1ccccc1)C2. The average molecular weight is 493 g/mol. The summed E-state index contributed by atoms with van der Waals surface area (Å²) < 4.78 is 39.2. The number of methoxy groups -OCH3 is 1. The first-order valence-electron chi connectivity index (χ1n) is 10.9. The van der Waals surface area contributed by atoms with Gasteiger partial charge in [0.2, 0.25) is 5.91 Å². The second-order valence-electron chi connectivity index (χ2n) is 8.46. The normalized spacial score (nSPS) is 21.5. The van der Waals surface area contributed by atoms with Crippen LogP contribution in [0.4, 0.5) is 0 Å². The lowest BCUT2D eigenvalue weighted by atomic mass is 10.0. The molecule has 2 aliphatic heterocycles. The molecule has 1 aromatic heterocycles. The van der Waals surface area contributed by atoms with Gasteiger partial charge >= 0.3 is 5.97 Å². The molecule has 3 heterocycles. The number of amides is 1. The van der Waals surface area contributed by atoms with Crippen molar-refractivity contribution in [1.29, 1.82) is 0 Å². The Kier molecular flexibility index (Phi) is 6.90. The van der Waals surface area contributed by atoms with E-state index in [2.05, 4.69) is 0 Å². The lowest BCUT2D eigenvalue weighted by Crippen LogP contribution is -2.48. The molecule has 0 radical (unpaired) electrons. The van der Waals surface area contributed by atoms with Gasteiger partial charge in [-0.15, -0.1) is 11.3 Å². The quantitative estimate of drug-likeness (QED) is 0.596. The molecule has 178 valence electrons. The molecule has 8 nitrogen and oxygen atoms in total. The van der Waals surface area contributed by atoms with E-state index in [4.69, 9.17) is 9.47 Å². The van der Waals surface area contributed by atoms with Crippen LogP contribution in [0.25, 0.3) is 0 Å². The predicted octanol–water partition coefficient (Wildman–Crippen LogP) is 2.46. The Balaban J connectivity index is 1.64. The molecule has 1 fully saturated rings. The molecule has 2 aromatic rings.